The topological polar surface area (TPSA) is 77.8 Å². The van der Waals surface area contributed by atoms with Crippen LogP contribution in [-0.4, -0.2) is 17.4 Å². The van der Waals surface area contributed by atoms with Crippen LogP contribution in [0.5, 0.6) is 0 Å². The second kappa shape index (κ2) is 7.17. The summed E-state index contributed by atoms with van der Waals surface area (Å²) >= 11 is 0. The zero-order valence-corrected chi connectivity index (χ0v) is 11.4. The van der Waals surface area contributed by atoms with Gasteiger partial charge in [-0.3, -0.25) is 4.79 Å². The Kier molecular flexibility index (Phi) is 5.55. The second-order valence-electron chi connectivity index (χ2n) is 4.58. The van der Waals surface area contributed by atoms with E-state index in [9.17, 15) is 4.79 Å². The summed E-state index contributed by atoms with van der Waals surface area (Å²) in [5.74, 6) is 0.566. The number of nitrogens with one attached hydrogen (secondary N) is 2. The van der Waals surface area contributed by atoms with E-state index in [0.29, 0.717) is 18.3 Å². The minimum absolute atomic E-state index is 0.0314. The number of amides is 1. The van der Waals surface area contributed by atoms with Crippen molar-refractivity contribution in [2.24, 2.45) is 5.92 Å². The Labute approximate surface area is 113 Å². The summed E-state index contributed by atoms with van der Waals surface area (Å²) in [6, 6.07) is 7.36. The number of carbonyl (C=O) groups is 1. The van der Waals surface area contributed by atoms with Crippen LogP contribution in [-0.2, 0) is 4.79 Å². The molecule has 0 aliphatic carbocycles. The monoisotopic (exact) mass is 258 g/mol. The number of rotatable bonds is 5. The predicted molar refractivity (Wildman–Crippen MR) is 74.1 cm³/mol. The number of hydrogen-bond acceptors (Lipinski definition) is 4. The van der Waals surface area contributed by atoms with Gasteiger partial charge in [0.05, 0.1) is 0 Å². The van der Waals surface area contributed by atoms with E-state index in [-0.39, 0.29) is 11.5 Å². The highest BCUT2D eigenvalue weighted by Crippen LogP contribution is 2.05. The summed E-state index contributed by atoms with van der Waals surface area (Å²) in [5.41, 5.74) is 0.894. The van der Waals surface area contributed by atoms with Crippen LogP contribution in [0.3, 0.4) is 0 Å². The average molecular weight is 258 g/mol. The van der Waals surface area contributed by atoms with Crippen LogP contribution in [0.25, 0.3) is 0 Å². The SMILES string of the molecule is Cc1cccc(N/C=C(/C#N)C(=O)NCC(C)C)n1. The molecule has 2 N–H and O–H groups in total. The first-order valence-electron chi connectivity index (χ1n) is 6.11. The largest absolute Gasteiger partial charge is 0.351 e. The van der Waals surface area contributed by atoms with E-state index >= 15 is 0 Å². The average Bonchev–Trinajstić information content (AvgIpc) is 2.37. The third kappa shape index (κ3) is 5.21. The molecule has 0 bridgehead atoms. The Morgan fingerprint density at radius 2 is 2.26 bits per heavy atom. The number of anilines is 1. The van der Waals surface area contributed by atoms with Gasteiger partial charge in [0, 0.05) is 18.4 Å². The molecule has 0 saturated carbocycles. The number of pyridine rings is 1. The van der Waals surface area contributed by atoms with Crippen molar-refractivity contribution in [1.82, 2.24) is 10.3 Å². The molecule has 0 aliphatic rings. The van der Waals surface area contributed by atoms with Gasteiger partial charge in [-0.25, -0.2) is 4.98 Å². The standard InChI is InChI=1S/C14H18N4O/c1-10(2)8-17-14(19)12(7-15)9-16-13-6-4-5-11(3)18-13/h4-6,9-10H,8H2,1-3H3,(H,16,18)(H,17,19)/b12-9-. The van der Waals surface area contributed by atoms with E-state index in [1.165, 1.54) is 6.20 Å². The Hall–Kier alpha value is -2.35. The molecule has 1 aromatic rings. The van der Waals surface area contributed by atoms with E-state index in [0.717, 1.165) is 5.69 Å². The molecule has 5 nitrogen and oxygen atoms in total. The van der Waals surface area contributed by atoms with Crippen molar-refractivity contribution in [3.8, 4) is 6.07 Å². The summed E-state index contributed by atoms with van der Waals surface area (Å²) < 4.78 is 0. The molecule has 1 aromatic heterocycles. The van der Waals surface area contributed by atoms with Gasteiger partial charge in [-0.15, -0.1) is 0 Å². The summed E-state index contributed by atoms with van der Waals surface area (Å²) in [7, 11) is 0. The Morgan fingerprint density at radius 3 is 2.84 bits per heavy atom. The predicted octanol–water partition coefficient (Wildman–Crippen LogP) is 1.98. The molecule has 0 aromatic carbocycles. The summed E-state index contributed by atoms with van der Waals surface area (Å²) in [6.07, 6.45) is 1.37. The summed E-state index contributed by atoms with van der Waals surface area (Å²) in [4.78, 5) is 15.9. The first-order valence-corrected chi connectivity index (χ1v) is 6.11. The van der Waals surface area contributed by atoms with E-state index in [1.807, 2.05) is 39.0 Å². The van der Waals surface area contributed by atoms with Gasteiger partial charge in [0.1, 0.15) is 17.5 Å². The number of nitriles is 1. The van der Waals surface area contributed by atoms with Crippen LogP contribution >= 0.6 is 0 Å². The quantitative estimate of drug-likeness (QED) is 0.625. The van der Waals surface area contributed by atoms with Gasteiger partial charge < -0.3 is 10.6 Å². The molecule has 1 rings (SSSR count). The van der Waals surface area contributed by atoms with Crippen LogP contribution in [0, 0.1) is 24.2 Å². The van der Waals surface area contributed by atoms with E-state index in [2.05, 4.69) is 15.6 Å². The smallest absolute Gasteiger partial charge is 0.263 e. The lowest BCUT2D eigenvalue weighted by atomic mass is 10.2. The zero-order valence-electron chi connectivity index (χ0n) is 11.4. The lowest BCUT2D eigenvalue weighted by molar-refractivity contribution is -0.117. The molecule has 0 aliphatic heterocycles. The van der Waals surface area contributed by atoms with Gasteiger partial charge in [0.25, 0.3) is 5.91 Å². The van der Waals surface area contributed by atoms with Crippen LogP contribution in [0.2, 0.25) is 0 Å². The van der Waals surface area contributed by atoms with Crippen LogP contribution in [0.4, 0.5) is 5.82 Å². The van der Waals surface area contributed by atoms with Crippen molar-refractivity contribution >= 4 is 11.7 Å². The maximum atomic E-state index is 11.7. The van der Waals surface area contributed by atoms with E-state index < -0.39 is 0 Å². The Morgan fingerprint density at radius 1 is 1.53 bits per heavy atom. The fraction of sp³-hybridized carbons (Fsp3) is 0.357. The fourth-order valence-corrected chi connectivity index (χ4v) is 1.31. The summed E-state index contributed by atoms with van der Waals surface area (Å²) in [6.45, 7) is 6.39. The van der Waals surface area contributed by atoms with Crippen molar-refractivity contribution in [1.29, 1.82) is 5.26 Å². The number of carbonyl (C=O) groups excluding carboxylic acids is 1. The van der Waals surface area contributed by atoms with Gasteiger partial charge in [-0.05, 0) is 25.0 Å². The molecular formula is C14H18N4O. The molecule has 0 spiro atoms. The molecule has 0 atom stereocenters. The minimum Gasteiger partial charge on any atom is -0.351 e. The van der Waals surface area contributed by atoms with E-state index in [4.69, 9.17) is 5.26 Å². The van der Waals surface area contributed by atoms with Crippen molar-refractivity contribution in [2.45, 2.75) is 20.8 Å². The molecule has 19 heavy (non-hydrogen) atoms. The third-order valence-electron chi connectivity index (χ3n) is 2.29. The second-order valence-corrected chi connectivity index (χ2v) is 4.58. The molecule has 100 valence electrons. The Balaban J connectivity index is 2.67. The highest BCUT2D eigenvalue weighted by Gasteiger charge is 2.08. The Bertz CT molecular complexity index is 514. The lowest BCUT2D eigenvalue weighted by Gasteiger charge is -2.07. The van der Waals surface area contributed by atoms with Gasteiger partial charge in [0.2, 0.25) is 0 Å². The van der Waals surface area contributed by atoms with Crippen molar-refractivity contribution in [2.75, 3.05) is 11.9 Å². The molecule has 1 heterocycles. The molecule has 0 radical (unpaired) electrons. The molecule has 0 saturated heterocycles. The van der Waals surface area contributed by atoms with Crippen molar-refractivity contribution in [3.05, 3.63) is 35.7 Å². The lowest BCUT2D eigenvalue weighted by Crippen LogP contribution is -2.28. The maximum absolute atomic E-state index is 11.7. The van der Waals surface area contributed by atoms with Gasteiger partial charge >= 0.3 is 0 Å². The van der Waals surface area contributed by atoms with Gasteiger partial charge in [-0.2, -0.15) is 5.26 Å². The number of nitrogens with zero attached hydrogens (tertiary/aromatic N) is 2. The molecule has 5 heteroatoms. The number of aromatic nitrogens is 1. The minimum atomic E-state index is -0.378. The van der Waals surface area contributed by atoms with Gasteiger partial charge in [-0.1, -0.05) is 19.9 Å². The highest BCUT2D eigenvalue weighted by atomic mass is 16.1. The van der Waals surface area contributed by atoms with Crippen molar-refractivity contribution < 1.29 is 4.79 Å². The summed E-state index contributed by atoms with van der Waals surface area (Å²) in [5, 5.41) is 14.5. The normalized spacial score (nSPS) is 11.0. The molecular weight excluding hydrogens is 240 g/mol. The number of hydrogen-bond donors (Lipinski definition) is 2. The maximum Gasteiger partial charge on any atom is 0.263 e. The molecule has 0 unspecified atom stereocenters. The third-order valence-corrected chi connectivity index (χ3v) is 2.29. The molecule has 0 fully saturated rings. The first-order chi connectivity index (χ1) is 9.02. The number of aryl methyl sites for hydroxylation is 1. The van der Waals surface area contributed by atoms with Crippen molar-refractivity contribution in [3.63, 3.8) is 0 Å². The highest BCUT2D eigenvalue weighted by molar-refractivity contribution is 5.97. The first kappa shape index (κ1) is 14.7. The van der Waals surface area contributed by atoms with E-state index in [1.54, 1.807) is 6.07 Å². The van der Waals surface area contributed by atoms with Crippen LogP contribution in [0.15, 0.2) is 30.0 Å². The van der Waals surface area contributed by atoms with Crippen LogP contribution in [0.1, 0.15) is 19.5 Å². The zero-order chi connectivity index (χ0) is 14.3. The molecule has 1 amide bonds. The fourth-order valence-electron chi connectivity index (χ4n) is 1.31. The van der Waals surface area contributed by atoms with Crippen LogP contribution < -0.4 is 10.6 Å². The van der Waals surface area contributed by atoms with Gasteiger partial charge in [0.15, 0.2) is 0 Å².